The summed E-state index contributed by atoms with van der Waals surface area (Å²) in [7, 11) is 0. The number of rotatable bonds is 6. The van der Waals surface area contributed by atoms with E-state index < -0.39 is 0 Å². The van der Waals surface area contributed by atoms with Crippen molar-refractivity contribution in [2.75, 3.05) is 37.9 Å². The molecule has 76 valence electrons. The molecule has 0 spiro atoms. The Kier molecular flexibility index (Phi) is 35.4. The standard InChI is InChI=1S/2C4H9ClN.Mg/c2*1-2-6-4-3-5;/h2*2-4H2,1H3;/q2*-1;+2. The number of alkyl halides is 2. The molecule has 5 heteroatoms. The number of nitrogens with zero attached hydrogens (tertiary/aromatic N) is 2. The van der Waals surface area contributed by atoms with Crippen molar-refractivity contribution in [3.63, 3.8) is 0 Å². The quantitative estimate of drug-likeness (QED) is 0.386. The van der Waals surface area contributed by atoms with Crippen molar-refractivity contribution >= 4 is 46.3 Å². The first kappa shape index (κ1) is 19.8. The molecule has 0 aliphatic rings. The number of hydrogen-bond donors (Lipinski definition) is 0. The molecule has 2 nitrogen and oxygen atoms in total. The van der Waals surface area contributed by atoms with Gasteiger partial charge in [-0.3, -0.25) is 0 Å². The second kappa shape index (κ2) is 23.2. The zero-order chi connectivity index (χ0) is 9.66. The minimum Gasteiger partial charge on any atom is -0.662 e. The molecule has 0 aliphatic carbocycles. The Bertz CT molecular complexity index is 52.1. The molecule has 13 heavy (non-hydrogen) atoms. The Labute approximate surface area is 108 Å². The summed E-state index contributed by atoms with van der Waals surface area (Å²) < 4.78 is 0. The SMILES string of the molecule is CC[N-]CCCl.CC[N-]CCCl.[Mg+2]. The van der Waals surface area contributed by atoms with Crippen LogP contribution >= 0.6 is 23.2 Å². The molecule has 0 bridgehead atoms. The van der Waals surface area contributed by atoms with E-state index in [9.17, 15) is 0 Å². The minimum atomic E-state index is 0. The fraction of sp³-hybridized carbons (Fsp3) is 1.00. The molecule has 0 saturated heterocycles. The van der Waals surface area contributed by atoms with Gasteiger partial charge >= 0.3 is 23.1 Å². The Morgan fingerprint density at radius 1 is 0.846 bits per heavy atom. The molecular formula is C8H18Cl2MgN2. The van der Waals surface area contributed by atoms with Gasteiger partial charge in [0.1, 0.15) is 0 Å². The van der Waals surface area contributed by atoms with Crippen molar-refractivity contribution in [3.8, 4) is 0 Å². The fourth-order valence-electron chi connectivity index (χ4n) is 0.436. The maximum atomic E-state index is 5.29. The van der Waals surface area contributed by atoms with Gasteiger partial charge in [0.25, 0.3) is 0 Å². The van der Waals surface area contributed by atoms with Crippen LogP contribution in [0.15, 0.2) is 0 Å². The monoisotopic (exact) mass is 236 g/mol. The van der Waals surface area contributed by atoms with Crippen LogP contribution < -0.4 is 0 Å². The predicted molar refractivity (Wildman–Crippen MR) is 64.7 cm³/mol. The number of hydrogen-bond acceptors (Lipinski definition) is 0. The van der Waals surface area contributed by atoms with E-state index in [1.165, 1.54) is 0 Å². The van der Waals surface area contributed by atoms with Crippen molar-refractivity contribution < 1.29 is 0 Å². The maximum absolute atomic E-state index is 5.29. The normalized spacial score (nSPS) is 8.31. The first-order valence-electron chi connectivity index (χ1n) is 4.21. The summed E-state index contributed by atoms with van der Waals surface area (Å²) in [6, 6.07) is 0. The van der Waals surface area contributed by atoms with Gasteiger partial charge in [0.2, 0.25) is 0 Å². The van der Waals surface area contributed by atoms with Crippen LogP contribution in [0.3, 0.4) is 0 Å². The molecule has 0 heterocycles. The average molecular weight is 237 g/mol. The van der Waals surface area contributed by atoms with Crippen LogP contribution in [0.5, 0.6) is 0 Å². The van der Waals surface area contributed by atoms with E-state index in [0.29, 0.717) is 11.8 Å². The maximum Gasteiger partial charge on any atom is 2.00 e. The van der Waals surface area contributed by atoms with E-state index >= 15 is 0 Å². The molecule has 0 radical (unpaired) electrons. The van der Waals surface area contributed by atoms with Crippen molar-refractivity contribution in [3.05, 3.63) is 10.6 Å². The predicted octanol–water partition coefficient (Wildman–Crippen LogP) is 2.86. The summed E-state index contributed by atoms with van der Waals surface area (Å²) in [5, 5.41) is 7.92. The average Bonchev–Trinajstić information content (AvgIpc) is 2.12. The molecule has 0 amide bonds. The van der Waals surface area contributed by atoms with E-state index in [1.54, 1.807) is 0 Å². The third-order valence-electron chi connectivity index (χ3n) is 0.932. The van der Waals surface area contributed by atoms with Crippen molar-refractivity contribution in [1.82, 2.24) is 0 Å². The second-order valence-corrected chi connectivity index (χ2v) is 2.66. The molecule has 0 rings (SSSR count). The zero-order valence-electron chi connectivity index (χ0n) is 8.60. The van der Waals surface area contributed by atoms with Crippen LogP contribution in [-0.4, -0.2) is 61.0 Å². The van der Waals surface area contributed by atoms with Gasteiger partial charge in [0.15, 0.2) is 0 Å². The Hall–Kier alpha value is 1.27. The van der Waals surface area contributed by atoms with Gasteiger partial charge in [-0.05, 0) is 0 Å². The molecule has 0 aromatic rings. The third kappa shape index (κ3) is 31.9. The van der Waals surface area contributed by atoms with Gasteiger partial charge in [0.05, 0.1) is 0 Å². The van der Waals surface area contributed by atoms with Crippen LogP contribution in [0, 0.1) is 0 Å². The summed E-state index contributed by atoms with van der Waals surface area (Å²) in [5.41, 5.74) is 0. The zero-order valence-corrected chi connectivity index (χ0v) is 11.5. The van der Waals surface area contributed by atoms with Gasteiger partial charge in [-0.15, -0.1) is 36.3 Å². The molecule has 0 N–H and O–H groups in total. The molecular weight excluding hydrogens is 219 g/mol. The summed E-state index contributed by atoms with van der Waals surface area (Å²) in [6.45, 7) is 7.41. The van der Waals surface area contributed by atoms with Crippen LogP contribution in [0.2, 0.25) is 0 Å². The molecule has 0 saturated carbocycles. The van der Waals surface area contributed by atoms with Crippen LogP contribution in [0.25, 0.3) is 10.6 Å². The second-order valence-electron chi connectivity index (χ2n) is 1.90. The molecule has 0 aliphatic heterocycles. The van der Waals surface area contributed by atoms with Gasteiger partial charge in [-0.2, -0.15) is 13.1 Å². The molecule has 0 fully saturated rings. The summed E-state index contributed by atoms with van der Waals surface area (Å²) in [4.78, 5) is 0. The van der Waals surface area contributed by atoms with Crippen LogP contribution in [0.4, 0.5) is 0 Å². The third-order valence-corrected chi connectivity index (χ3v) is 1.27. The Balaban J connectivity index is -0.000000143. The topological polar surface area (TPSA) is 28.2 Å². The smallest absolute Gasteiger partial charge is 0.662 e. The Morgan fingerprint density at radius 2 is 1.15 bits per heavy atom. The van der Waals surface area contributed by atoms with Gasteiger partial charge in [-0.1, -0.05) is 13.8 Å². The van der Waals surface area contributed by atoms with E-state index in [4.69, 9.17) is 23.2 Å². The van der Waals surface area contributed by atoms with Gasteiger partial charge in [-0.25, -0.2) is 0 Å². The number of halogens is 2. The summed E-state index contributed by atoms with van der Waals surface area (Å²) in [6.07, 6.45) is 0. The largest absolute Gasteiger partial charge is 2.00 e. The van der Waals surface area contributed by atoms with E-state index in [1.807, 2.05) is 13.8 Å². The molecule has 0 aromatic heterocycles. The summed E-state index contributed by atoms with van der Waals surface area (Å²) >= 11 is 10.6. The van der Waals surface area contributed by atoms with E-state index in [0.717, 1.165) is 26.2 Å². The van der Waals surface area contributed by atoms with Crippen molar-refractivity contribution in [1.29, 1.82) is 0 Å². The van der Waals surface area contributed by atoms with Crippen LogP contribution in [0.1, 0.15) is 13.8 Å². The fourth-order valence-corrected chi connectivity index (χ4v) is 0.675. The summed E-state index contributed by atoms with van der Waals surface area (Å²) in [5.74, 6) is 1.32. The molecule has 0 unspecified atom stereocenters. The van der Waals surface area contributed by atoms with Crippen LogP contribution in [-0.2, 0) is 0 Å². The first-order chi connectivity index (χ1) is 5.83. The molecule has 0 atom stereocenters. The minimum absolute atomic E-state index is 0. The Morgan fingerprint density at radius 3 is 1.23 bits per heavy atom. The molecule has 0 aromatic carbocycles. The van der Waals surface area contributed by atoms with E-state index in [-0.39, 0.29) is 23.1 Å². The van der Waals surface area contributed by atoms with Gasteiger partial charge < -0.3 is 10.6 Å². The first-order valence-corrected chi connectivity index (χ1v) is 5.28. The van der Waals surface area contributed by atoms with Crippen molar-refractivity contribution in [2.45, 2.75) is 13.8 Å². The van der Waals surface area contributed by atoms with Crippen molar-refractivity contribution in [2.24, 2.45) is 0 Å². The van der Waals surface area contributed by atoms with Gasteiger partial charge in [0, 0.05) is 11.8 Å². The van der Waals surface area contributed by atoms with E-state index in [2.05, 4.69) is 10.6 Å².